The van der Waals surface area contributed by atoms with E-state index in [0.29, 0.717) is 17.8 Å². The third kappa shape index (κ3) is 3.39. The minimum absolute atomic E-state index is 0.0315. The molecule has 0 spiro atoms. The maximum Gasteiger partial charge on any atom is 0.267 e. The van der Waals surface area contributed by atoms with E-state index in [2.05, 4.69) is 22.4 Å². The highest BCUT2D eigenvalue weighted by Gasteiger charge is 2.36. The molecule has 0 unspecified atom stereocenters. The number of H-pyrrole nitrogens is 1. The minimum Gasteiger partial charge on any atom is -0.356 e. The Morgan fingerprint density at radius 2 is 1.88 bits per heavy atom. The fourth-order valence-corrected chi connectivity index (χ4v) is 3.62. The molecule has 0 bridgehead atoms. The number of benzene rings is 1. The number of halogens is 1. The highest BCUT2D eigenvalue weighted by molar-refractivity contribution is 6.30. The van der Waals surface area contributed by atoms with E-state index in [0.717, 1.165) is 30.7 Å². The molecule has 1 heterocycles. The summed E-state index contributed by atoms with van der Waals surface area (Å²) in [5, 5.41) is 3.75. The Morgan fingerprint density at radius 1 is 1.21 bits per heavy atom. The third-order valence-electron chi connectivity index (χ3n) is 4.94. The fraction of sp³-hybridized carbons (Fsp3) is 0.368. The summed E-state index contributed by atoms with van der Waals surface area (Å²) in [6.07, 6.45) is 6.00. The number of Topliss-reactive ketones (excluding diaryl/α,β-unsaturated/α-hetero) is 1. The van der Waals surface area contributed by atoms with E-state index in [-0.39, 0.29) is 17.1 Å². The van der Waals surface area contributed by atoms with Crippen LogP contribution in [0.25, 0.3) is 0 Å². The van der Waals surface area contributed by atoms with Crippen molar-refractivity contribution in [2.24, 2.45) is 0 Å². The highest BCUT2D eigenvalue weighted by Crippen LogP contribution is 2.41. The third-order valence-corrected chi connectivity index (χ3v) is 5.19. The van der Waals surface area contributed by atoms with Gasteiger partial charge in [0.15, 0.2) is 5.78 Å². The van der Waals surface area contributed by atoms with Gasteiger partial charge in [-0.3, -0.25) is 9.59 Å². The van der Waals surface area contributed by atoms with Crippen LogP contribution >= 0.6 is 11.6 Å². The second kappa shape index (κ2) is 6.81. The number of amides is 1. The van der Waals surface area contributed by atoms with E-state index < -0.39 is 0 Å². The summed E-state index contributed by atoms with van der Waals surface area (Å²) in [7, 11) is 0. The smallest absolute Gasteiger partial charge is 0.267 e. The first kappa shape index (κ1) is 16.8. The zero-order valence-electron chi connectivity index (χ0n) is 13.7. The predicted octanol–water partition coefficient (Wildman–Crippen LogP) is 4.11. The van der Waals surface area contributed by atoms with Crippen LogP contribution in [0.1, 0.15) is 59.0 Å². The first-order chi connectivity index (χ1) is 11.5. The molecule has 1 aliphatic carbocycles. The second-order valence-corrected chi connectivity index (χ2v) is 6.97. The minimum atomic E-state index is -0.178. The molecule has 1 amide bonds. The van der Waals surface area contributed by atoms with Gasteiger partial charge in [0, 0.05) is 28.7 Å². The molecule has 4 nitrogen and oxygen atoms in total. The average Bonchev–Trinajstić information content (AvgIpc) is 3.23. The van der Waals surface area contributed by atoms with Gasteiger partial charge >= 0.3 is 0 Å². The van der Waals surface area contributed by atoms with Gasteiger partial charge in [-0.1, -0.05) is 36.6 Å². The van der Waals surface area contributed by atoms with E-state index in [1.165, 1.54) is 12.5 Å². The van der Waals surface area contributed by atoms with Crippen molar-refractivity contribution in [2.45, 2.75) is 38.0 Å². The van der Waals surface area contributed by atoms with Gasteiger partial charge in [0.05, 0.1) is 0 Å². The number of carbonyl (C=O) groups is 2. The Hall–Kier alpha value is -2.07. The van der Waals surface area contributed by atoms with Gasteiger partial charge in [0.25, 0.3) is 5.91 Å². The van der Waals surface area contributed by atoms with Gasteiger partial charge in [-0.05, 0) is 43.5 Å². The quantitative estimate of drug-likeness (QED) is 0.802. The van der Waals surface area contributed by atoms with Crippen molar-refractivity contribution in [1.29, 1.82) is 0 Å². The Labute approximate surface area is 146 Å². The van der Waals surface area contributed by atoms with Crippen molar-refractivity contribution in [1.82, 2.24) is 10.3 Å². The summed E-state index contributed by atoms with van der Waals surface area (Å²) >= 11 is 6.00. The number of hydrogen-bond acceptors (Lipinski definition) is 2. The molecule has 0 atom stereocenters. The van der Waals surface area contributed by atoms with Crippen LogP contribution in [0.2, 0.25) is 5.02 Å². The SMILES string of the molecule is CC(=O)c1c[nH]c(C(=O)NCC2(c3ccc(Cl)cc3)CCCC2)c1. The molecule has 0 saturated heterocycles. The molecular weight excluding hydrogens is 324 g/mol. The van der Waals surface area contributed by atoms with Crippen molar-refractivity contribution in [3.8, 4) is 0 Å². The Kier molecular flexibility index (Phi) is 4.76. The Morgan fingerprint density at radius 3 is 2.46 bits per heavy atom. The van der Waals surface area contributed by atoms with Crippen LogP contribution < -0.4 is 5.32 Å². The summed E-state index contributed by atoms with van der Waals surface area (Å²) < 4.78 is 0. The molecule has 2 N–H and O–H groups in total. The van der Waals surface area contributed by atoms with E-state index in [1.54, 1.807) is 12.3 Å². The molecule has 2 aromatic rings. The van der Waals surface area contributed by atoms with Crippen LogP contribution in [0.3, 0.4) is 0 Å². The zero-order chi connectivity index (χ0) is 17.2. The first-order valence-corrected chi connectivity index (χ1v) is 8.62. The number of ketones is 1. The largest absolute Gasteiger partial charge is 0.356 e. The van der Waals surface area contributed by atoms with Crippen molar-refractivity contribution in [3.63, 3.8) is 0 Å². The number of aromatic amines is 1. The topological polar surface area (TPSA) is 62.0 Å². The van der Waals surface area contributed by atoms with Crippen LogP contribution in [0.5, 0.6) is 0 Å². The Bertz CT molecular complexity index is 743. The maximum absolute atomic E-state index is 12.4. The number of carbonyl (C=O) groups excluding carboxylic acids is 2. The summed E-state index contributed by atoms with van der Waals surface area (Å²) in [6.45, 7) is 2.07. The van der Waals surface area contributed by atoms with Crippen molar-refractivity contribution in [2.75, 3.05) is 6.54 Å². The fourth-order valence-electron chi connectivity index (χ4n) is 3.50. The molecule has 0 aliphatic heterocycles. The van der Waals surface area contributed by atoms with Crippen LogP contribution in [0.15, 0.2) is 36.5 Å². The molecule has 0 radical (unpaired) electrons. The first-order valence-electron chi connectivity index (χ1n) is 8.24. The van der Waals surface area contributed by atoms with Gasteiger partial charge in [-0.15, -0.1) is 0 Å². The van der Waals surface area contributed by atoms with Gasteiger partial charge in [0.2, 0.25) is 0 Å². The number of hydrogen-bond donors (Lipinski definition) is 2. The Balaban J connectivity index is 1.73. The van der Waals surface area contributed by atoms with Crippen LogP contribution in [-0.2, 0) is 5.41 Å². The number of aromatic nitrogens is 1. The van der Waals surface area contributed by atoms with Crippen molar-refractivity contribution >= 4 is 23.3 Å². The monoisotopic (exact) mass is 344 g/mol. The number of rotatable bonds is 5. The van der Waals surface area contributed by atoms with E-state index >= 15 is 0 Å². The lowest BCUT2D eigenvalue weighted by Crippen LogP contribution is -2.39. The van der Waals surface area contributed by atoms with Crippen molar-refractivity contribution in [3.05, 3.63) is 58.4 Å². The van der Waals surface area contributed by atoms with Gasteiger partial charge < -0.3 is 10.3 Å². The average molecular weight is 345 g/mol. The molecule has 1 fully saturated rings. The lowest BCUT2D eigenvalue weighted by Gasteiger charge is -2.30. The molecule has 3 rings (SSSR count). The highest BCUT2D eigenvalue weighted by atomic mass is 35.5. The summed E-state index contributed by atoms with van der Waals surface area (Å²) in [5.74, 6) is -0.235. The standard InChI is InChI=1S/C19H21ClN2O2/c1-13(23)14-10-17(21-11-14)18(24)22-12-19(8-2-3-9-19)15-4-6-16(20)7-5-15/h4-7,10-11,21H,2-3,8-9,12H2,1H3,(H,22,24). The predicted molar refractivity (Wildman–Crippen MR) is 94.7 cm³/mol. The molecule has 1 aliphatic rings. The molecule has 5 heteroatoms. The van der Waals surface area contributed by atoms with Crippen LogP contribution in [0.4, 0.5) is 0 Å². The molecule has 24 heavy (non-hydrogen) atoms. The summed E-state index contributed by atoms with van der Waals surface area (Å²) in [6, 6.07) is 9.53. The molecule has 126 valence electrons. The van der Waals surface area contributed by atoms with Gasteiger partial charge in [-0.2, -0.15) is 0 Å². The molecule has 1 saturated carbocycles. The van der Waals surface area contributed by atoms with Crippen LogP contribution in [0, 0.1) is 0 Å². The van der Waals surface area contributed by atoms with E-state index in [4.69, 9.17) is 11.6 Å². The van der Waals surface area contributed by atoms with Crippen LogP contribution in [-0.4, -0.2) is 23.2 Å². The molecule has 1 aromatic heterocycles. The van der Waals surface area contributed by atoms with Gasteiger partial charge in [0.1, 0.15) is 5.69 Å². The zero-order valence-corrected chi connectivity index (χ0v) is 14.5. The van der Waals surface area contributed by atoms with Crippen molar-refractivity contribution < 1.29 is 9.59 Å². The maximum atomic E-state index is 12.4. The molecular formula is C19H21ClN2O2. The van der Waals surface area contributed by atoms with Gasteiger partial charge in [-0.25, -0.2) is 0 Å². The summed E-state index contributed by atoms with van der Waals surface area (Å²) in [4.78, 5) is 26.6. The normalized spacial score (nSPS) is 16.1. The van der Waals surface area contributed by atoms with E-state index in [9.17, 15) is 9.59 Å². The second-order valence-electron chi connectivity index (χ2n) is 6.54. The van der Waals surface area contributed by atoms with E-state index in [1.807, 2.05) is 12.1 Å². The summed E-state index contributed by atoms with van der Waals surface area (Å²) in [5.41, 5.74) is 2.13. The lowest BCUT2D eigenvalue weighted by molar-refractivity contribution is 0.0938. The molecule has 1 aromatic carbocycles. The lowest BCUT2D eigenvalue weighted by atomic mass is 9.79. The number of nitrogens with one attached hydrogen (secondary N) is 2.